The molecule has 2 aromatic rings. The van der Waals surface area contributed by atoms with Crippen molar-refractivity contribution in [2.75, 3.05) is 26.2 Å². The van der Waals surface area contributed by atoms with E-state index in [1.54, 1.807) is 11.3 Å². The fraction of sp³-hybridized carbons (Fsp3) is 0.500. The molecule has 1 N–H and O–H groups in total. The van der Waals surface area contributed by atoms with E-state index in [1.807, 2.05) is 39.7 Å². The van der Waals surface area contributed by atoms with Gasteiger partial charge in [-0.2, -0.15) is 16.4 Å². The molecule has 27 heavy (non-hydrogen) atoms. The Labute approximate surface area is 161 Å². The summed E-state index contributed by atoms with van der Waals surface area (Å²) in [5.41, 5.74) is 2.01. The number of nitrogens with zero attached hydrogens (tertiary/aromatic N) is 4. The second-order valence-electron chi connectivity index (χ2n) is 6.64. The molecule has 4 rings (SSSR count). The van der Waals surface area contributed by atoms with Crippen molar-refractivity contribution < 1.29 is 19.4 Å². The number of amides is 1. The zero-order valence-electron chi connectivity index (χ0n) is 15.2. The lowest BCUT2D eigenvalue weighted by atomic mass is 9.97. The molecule has 2 aromatic heterocycles. The fourth-order valence-electron chi connectivity index (χ4n) is 3.70. The molecule has 1 amide bonds. The SMILES string of the molecule is Cn1cc(CN2CC[C@@H]3OCCN(C(=O)c4ccsc4)[C@H]3C2)cn1.O=CO. The summed E-state index contributed by atoms with van der Waals surface area (Å²) in [6.07, 6.45) is 5.10. The first-order valence-corrected chi connectivity index (χ1v) is 9.79. The van der Waals surface area contributed by atoms with Gasteiger partial charge in [0, 0.05) is 50.4 Å². The van der Waals surface area contributed by atoms with Crippen LogP contribution in [0.5, 0.6) is 0 Å². The van der Waals surface area contributed by atoms with Gasteiger partial charge in [0.05, 0.1) is 30.5 Å². The van der Waals surface area contributed by atoms with Gasteiger partial charge in [-0.1, -0.05) is 0 Å². The van der Waals surface area contributed by atoms with Gasteiger partial charge in [0.25, 0.3) is 12.4 Å². The molecule has 0 aromatic carbocycles. The van der Waals surface area contributed by atoms with Crippen molar-refractivity contribution in [2.45, 2.75) is 25.1 Å². The van der Waals surface area contributed by atoms with Gasteiger partial charge in [0.15, 0.2) is 0 Å². The van der Waals surface area contributed by atoms with Crippen molar-refractivity contribution >= 4 is 23.7 Å². The Balaban J connectivity index is 0.000000659. The molecule has 2 aliphatic rings. The predicted molar refractivity (Wildman–Crippen MR) is 101 cm³/mol. The minimum atomic E-state index is -0.250. The number of carbonyl (C=O) groups excluding carboxylic acids is 1. The van der Waals surface area contributed by atoms with E-state index in [0.717, 1.165) is 31.6 Å². The minimum absolute atomic E-state index is 0.136. The van der Waals surface area contributed by atoms with Gasteiger partial charge in [-0.3, -0.25) is 19.2 Å². The summed E-state index contributed by atoms with van der Waals surface area (Å²) < 4.78 is 7.78. The second-order valence-corrected chi connectivity index (χ2v) is 7.42. The van der Waals surface area contributed by atoms with E-state index in [1.165, 1.54) is 5.56 Å². The van der Waals surface area contributed by atoms with Crippen molar-refractivity contribution in [3.05, 3.63) is 40.3 Å². The number of rotatable bonds is 3. The number of piperidine rings is 1. The van der Waals surface area contributed by atoms with Gasteiger partial charge in [-0.15, -0.1) is 0 Å². The van der Waals surface area contributed by atoms with Crippen molar-refractivity contribution in [2.24, 2.45) is 7.05 Å². The summed E-state index contributed by atoms with van der Waals surface area (Å²) in [6, 6.07) is 2.05. The van der Waals surface area contributed by atoms with Crippen LogP contribution in [0.3, 0.4) is 0 Å². The maximum Gasteiger partial charge on any atom is 0.290 e. The van der Waals surface area contributed by atoms with Crippen LogP contribution in [0.25, 0.3) is 0 Å². The first-order valence-electron chi connectivity index (χ1n) is 8.85. The quantitative estimate of drug-likeness (QED) is 0.792. The number of morpholine rings is 1. The molecule has 0 unspecified atom stereocenters. The highest BCUT2D eigenvalue weighted by molar-refractivity contribution is 7.08. The first kappa shape index (κ1) is 19.5. The van der Waals surface area contributed by atoms with Gasteiger partial charge < -0.3 is 14.7 Å². The van der Waals surface area contributed by atoms with Crippen molar-refractivity contribution in [3.63, 3.8) is 0 Å². The summed E-state index contributed by atoms with van der Waals surface area (Å²) in [5.74, 6) is 0.137. The van der Waals surface area contributed by atoms with Crippen molar-refractivity contribution in [1.82, 2.24) is 19.6 Å². The summed E-state index contributed by atoms with van der Waals surface area (Å²) in [6.45, 7) is 3.79. The molecule has 0 radical (unpaired) electrons. The lowest BCUT2D eigenvalue weighted by Gasteiger charge is -2.47. The Morgan fingerprint density at radius 1 is 1.48 bits per heavy atom. The van der Waals surface area contributed by atoms with Gasteiger partial charge in [-0.25, -0.2) is 0 Å². The van der Waals surface area contributed by atoms with Crippen LogP contribution in [0.2, 0.25) is 0 Å². The number of aryl methyl sites for hydroxylation is 1. The van der Waals surface area contributed by atoms with Crippen LogP contribution in [-0.2, 0) is 23.1 Å². The molecule has 2 saturated heterocycles. The Morgan fingerprint density at radius 3 is 2.96 bits per heavy atom. The second kappa shape index (κ2) is 9.12. The van der Waals surface area contributed by atoms with Gasteiger partial charge in [0.1, 0.15) is 0 Å². The summed E-state index contributed by atoms with van der Waals surface area (Å²) in [5, 5.41) is 15.0. The Bertz CT molecular complexity index is 748. The molecule has 0 aliphatic carbocycles. The van der Waals surface area contributed by atoms with Crippen LogP contribution in [0.15, 0.2) is 29.2 Å². The molecular weight excluding hydrogens is 368 g/mol. The van der Waals surface area contributed by atoms with Crippen LogP contribution in [0.1, 0.15) is 22.3 Å². The Kier molecular flexibility index (Phi) is 6.59. The lowest BCUT2D eigenvalue weighted by Crippen LogP contribution is -2.61. The summed E-state index contributed by atoms with van der Waals surface area (Å²) >= 11 is 1.57. The van der Waals surface area contributed by atoms with Crippen molar-refractivity contribution in [3.8, 4) is 0 Å². The zero-order valence-corrected chi connectivity index (χ0v) is 16.0. The smallest absolute Gasteiger partial charge is 0.290 e. The molecular formula is C18H24N4O4S. The number of hydrogen-bond donors (Lipinski definition) is 1. The molecule has 0 saturated carbocycles. The average molecular weight is 392 g/mol. The normalized spacial score (nSPS) is 22.5. The maximum atomic E-state index is 12.8. The third-order valence-electron chi connectivity index (χ3n) is 4.86. The molecule has 8 nitrogen and oxygen atoms in total. The summed E-state index contributed by atoms with van der Waals surface area (Å²) in [4.78, 5) is 25.6. The largest absolute Gasteiger partial charge is 0.483 e. The van der Waals surface area contributed by atoms with Crippen LogP contribution < -0.4 is 0 Å². The number of hydrogen-bond acceptors (Lipinski definition) is 6. The van der Waals surface area contributed by atoms with E-state index in [2.05, 4.69) is 16.2 Å². The predicted octanol–water partition coefficient (Wildman–Crippen LogP) is 1.30. The fourth-order valence-corrected chi connectivity index (χ4v) is 4.33. The van der Waals surface area contributed by atoms with Gasteiger partial charge in [0.2, 0.25) is 0 Å². The lowest BCUT2D eigenvalue weighted by molar-refractivity contribution is -0.122. The average Bonchev–Trinajstić information content (AvgIpc) is 3.33. The van der Waals surface area contributed by atoms with Crippen LogP contribution in [0.4, 0.5) is 0 Å². The number of fused-ring (bicyclic) bond motifs is 1. The van der Waals surface area contributed by atoms with E-state index < -0.39 is 0 Å². The molecule has 2 fully saturated rings. The number of aromatic nitrogens is 2. The molecule has 146 valence electrons. The standard InChI is InChI=1S/C17H22N4O2S.CH2O2/c1-19-9-13(8-18-19)10-20-4-2-16-15(11-20)21(5-6-23-16)17(22)14-3-7-24-12-14;2-1-3/h3,7-9,12,15-16H,2,4-6,10-11H2,1H3;1H,(H,2,3)/t15-,16-;/m0./s1. The van der Waals surface area contributed by atoms with E-state index in [4.69, 9.17) is 14.6 Å². The number of carbonyl (C=O) groups is 2. The molecule has 4 heterocycles. The monoisotopic (exact) mass is 392 g/mol. The Hall–Kier alpha value is -2.23. The van der Waals surface area contributed by atoms with Gasteiger partial charge in [-0.05, 0) is 17.9 Å². The van der Waals surface area contributed by atoms with Crippen LogP contribution in [-0.4, -0.2) is 75.5 Å². The van der Waals surface area contributed by atoms with E-state index in [0.29, 0.717) is 13.2 Å². The van der Waals surface area contributed by atoms with Crippen LogP contribution >= 0.6 is 11.3 Å². The molecule has 2 aliphatic heterocycles. The zero-order chi connectivity index (χ0) is 19.2. The number of likely N-dealkylation sites (tertiary alicyclic amines) is 1. The molecule has 2 atom stereocenters. The van der Waals surface area contributed by atoms with Crippen LogP contribution in [0, 0.1) is 0 Å². The Morgan fingerprint density at radius 2 is 2.30 bits per heavy atom. The van der Waals surface area contributed by atoms with Crippen molar-refractivity contribution in [1.29, 1.82) is 0 Å². The topological polar surface area (TPSA) is 87.9 Å². The minimum Gasteiger partial charge on any atom is -0.483 e. The first-order chi connectivity index (χ1) is 13.1. The third kappa shape index (κ3) is 4.74. The molecule has 0 spiro atoms. The number of carboxylic acid groups (broad SMARTS) is 1. The van der Waals surface area contributed by atoms with Gasteiger partial charge >= 0.3 is 0 Å². The highest BCUT2D eigenvalue weighted by Crippen LogP contribution is 2.26. The van der Waals surface area contributed by atoms with E-state index in [-0.39, 0.29) is 24.5 Å². The number of thiophene rings is 1. The summed E-state index contributed by atoms with van der Waals surface area (Å²) in [7, 11) is 1.94. The molecule has 0 bridgehead atoms. The highest BCUT2D eigenvalue weighted by Gasteiger charge is 2.39. The number of ether oxygens (including phenoxy) is 1. The third-order valence-corrected chi connectivity index (χ3v) is 5.55. The molecule has 9 heteroatoms. The highest BCUT2D eigenvalue weighted by atomic mass is 32.1. The maximum absolute atomic E-state index is 12.8. The van der Waals surface area contributed by atoms with E-state index in [9.17, 15) is 4.79 Å². The van der Waals surface area contributed by atoms with E-state index >= 15 is 0 Å².